The zero-order valence-corrected chi connectivity index (χ0v) is 13.8. The number of aromatic nitrogens is 4. The molecule has 4 rings (SSSR count). The molecule has 0 spiro atoms. The Hall–Kier alpha value is -2.93. The van der Waals surface area contributed by atoms with Crippen molar-refractivity contribution in [3.05, 3.63) is 65.7 Å². The fourth-order valence-electron chi connectivity index (χ4n) is 3.07. The molecular weight excluding hydrogens is 316 g/mol. The Bertz CT molecular complexity index is 848. The van der Waals surface area contributed by atoms with Gasteiger partial charge >= 0.3 is 0 Å². The number of rotatable bonds is 5. The van der Waals surface area contributed by atoms with Gasteiger partial charge in [0, 0.05) is 32.0 Å². The minimum Gasteiger partial charge on any atom is -0.508 e. The molecule has 128 valence electrons. The summed E-state index contributed by atoms with van der Waals surface area (Å²) in [6.07, 6.45) is 3.43. The average Bonchev–Trinajstić information content (AvgIpc) is 3.03. The highest BCUT2D eigenvalue weighted by Crippen LogP contribution is 2.18. The van der Waals surface area contributed by atoms with Crippen molar-refractivity contribution >= 4 is 5.95 Å². The first-order valence-corrected chi connectivity index (χ1v) is 8.33. The van der Waals surface area contributed by atoms with Crippen molar-refractivity contribution in [3.8, 4) is 5.75 Å². The van der Waals surface area contributed by atoms with E-state index < -0.39 is 0 Å². The molecule has 0 radical (unpaired) electrons. The maximum atomic E-state index is 9.61. The fraction of sp³-hybridized carbons (Fsp3) is 0.278. The van der Waals surface area contributed by atoms with Gasteiger partial charge in [0.05, 0.1) is 24.5 Å². The quantitative estimate of drug-likeness (QED) is 0.742. The van der Waals surface area contributed by atoms with E-state index in [2.05, 4.69) is 36.0 Å². The van der Waals surface area contributed by atoms with Crippen molar-refractivity contribution in [2.75, 3.05) is 11.9 Å². The van der Waals surface area contributed by atoms with Crippen LogP contribution in [0.5, 0.6) is 5.75 Å². The molecular formula is C18H20N6O. The van der Waals surface area contributed by atoms with Crippen LogP contribution < -0.4 is 5.32 Å². The van der Waals surface area contributed by atoms with E-state index in [9.17, 15) is 5.11 Å². The van der Waals surface area contributed by atoms with Crippen LogP contribution in [0.4, 0.5) is 5.95 Å². The smallest absolute Gasteiger partial charge is 0.222 e. The molecule has 0 saturated heterocycles. The fourth-order valence-corrected chi connectivity index (χ4v) is 3.07. The molecule has 1 aliphatic heterocycles. The Kier molecular flexibility index (Phi) is 4.30. The van der Waals surface area contributed by atoms with Gasteiger partial charge in [-0.25, -0.2) is 9.97 Å². The molecule has 0 amide bonds. The van der Waals surface area contributed by atoms with Crippen molar-refractivity contribution < 1.29 is 5.11 Å². The zero-order valence-electron chi connectivity index (χ0n) is 13.8. The highest BCUT2D eigenvalue weighted by Gasteiger charge is 2.18. The lowest BCUT2D eigenvalue weighted by Crippen LogP contribution is -2.33. The lowest BCUT2D eigenvalue weighted by atomic mass is 10.2. The number of fused-ring (bicyclic) bond motifs is 1. The van der Waals surface area contributed by atoms with Crippen molar-refractivity contribution in [1.29, 1.82) is 0 Å². The van der Waals surface area contributed by atoms with Crippen molar-refractivity contribution in [1.82, 2.24) is 24.6 Å². The molecule has 2 N–H and O–H groups in total. The van der Waals surface area contributed by atoms with Crippen molar-refractivity contribution in [2.45, 2.75) is 26.2 Å². The van der Waals surface area contributed by atoms with Crippen molar-refractivity contribution in [3.63, 3.8) is 0 Å². The minimum atomic E-state index is 0.316. The summed E-state index contributed by atoms with van der Waals surface area (Å²) in [4.78, 5) is 10.7. The highest BCUT2D eigenvalue weighted by molar-refractivity contribution is 5.27. The molecule has 0 fully saturated rings. The summed E-state index contributed by atoms with van der Waals surface area (Å²) >= 11 is 0. The largest absolute Gasteiger partial charge is 0.508 e. The first-order valence-electron chi connectivity index (χ1n) is 8.33. The third kappa shape index (κ3) is 3.77. The maximum Gasteiger partial charge on any atom is 0.222 e. The zero-order chi connectivity index (χ0) is 17.1. The predicted octanol–water partition coefficient (Wildman–Crippen LogP) is 2.01. The molecule has 1 aromatic carbocycles. The van der Waals surface area contributed by atoms with Gasteiger partial charge in [-0.15, -0.1) is 0 Å². The van der Waals surface area contributed by atoms with Gasteiger partial charge in [-0.1, -0.05) is 12.1 Å². The number of nitrogens with one attached hydrogen (secondary N) is 1. The van der Waals surface area contributed by atoms with Gasteiger partial charge in [0.1, 0.15) is 5.75 Å². The SMILES string of the molecule is Oc1cccc(CN2CCn3nc(CNc4ncccn4)cc3C2)c1. The second kappa shape index (κ2) is 6.90. The summed E-state index contributed by atoms with van der Waals surface area (Å²) in [5.74, 6) is 0.926. The number of hydrogen-bond donors (Lipinski definition) is 2. The summed E-state index contributed by atoms with van der Waals surface area (Å²) in [6.45, 7) is 4.10. The Morgan fingerprint density at radius 3 is 2.80 bits per heavy atom. The van der Waals surface area contributed by atoms with Gasteiger partial charge in [0.2, 0.25) is 5.95 Å². The topological polar surface area (TPSA) is 79.1 Å². The van der Waals surface area contributed by atoms with Crippen LogP contribution in [0.15, 0.2) is 48.8 Å². The second-order valence-electron chi connectivity index (χ2n) is 6.16. The average molecular weight is 336 g/mol. The van der Waals surface area contributed by atoms with Crippen LogP contribution in [-0.2, 0) is 26.2 Å². The van der Waals surface area contributed by atoms with E-state index in [1.807, 2.05) is 18.2 Å². The van der Waals surface area contributed by atoms with Gasteiger partial charge in [-0.2, -0.15) is 5.10 Å². The molecule has 25 heavy (non-hydrogen) atoms. The Labute approximate surface area is 146 Å². The van der Waals surface area contributed by atoms with Gasteiger partial charge in [0.15, 0.2) is 0 Å². The molecule has 0 unspecified atom stereocenters. The molecule has 1 aliphatic rings. The normalized spacial score (nSPS) is 14.2. The third-order valence-electron chi connectivity index (χ3n) is 4.24. The van der Waals surface area contributed by atoms with Gasteiger partial charge in [-0.05, 0) is 29.8 Å². The van der Waals surface area contributed by atoms with E-state index in [0.29, 0.717) is 18.2 Å². The highest BCUT2D eigenvalue weighted by atomic mass is 16.3. The van der Waals surface area contributed by atoms with E-state index in [-0.39, 0.29) is 0 Å². The first kappa shape index (κ1) is 15.6. The molecule has 0 atom stereocenters. The molecule has 0 saturated carbocycles. The number of aromatic hydroxyl groups is 1. The predicted molar refractivity (Wildman–Crippen MR) is 93.8 cm³/mol. The molecule has 3 aromatic rings. The summed E-state index contributed by atoms with van der Waals surface area (Å²) in [5.41, 5.74) is 3.31. The van der Waals surface area contributed by atoms with Crippen LogP contribution >= 0.6 is 0 Å². The Morgan fingerprint density at radius 1 is 1.08 bits per heavy atom. The minimum absolute atomic E-state index is 0.316. The van der Waals surface area contributed by atoms with Gasteiger partial charge < -0.3 is 10.4 Å². The number of phenols is 1. The third-order valence-corrected chi connectivity index (χ3v) is 4.24. The Balaban J connectivity index is 1.39. The molecule has 7 nitrogen and oxygen atoms in total. The monoisotopic (exact) mass is 336 g/mol. The van der Waals surface area contributed by atoms with Crippen LogP contribution in [0.1, 0.15) is 17.0 Å². The van der Waals surface area contributed by atoms with Gasteiger partial charge in [0.25, 0.3) is 0 Å². The first-order chi connectivity index (χ1) is 12.3. The summed E-state index contributed by atoms with van der Waals surface area (Å²) in [5, 5.41) is 17.4. The molecule has 3 heterocycles. The van der Waals surface area contributed by atoms with E-state index in [1.54, 1.807) is 24.5 Å². The number of benzene rings is 1. The van der Waals surface area contributed by atoms with Crippen LogP contribution in [0.3, 0.4) is 0 Å². The second-order valence-corrected chi connectivity index (χ2v) is 6.16. The summed E-state index contributed by atoms with van der Waals surface area (Å²) in [6, 6.07) is 11.4. The molecule has 0 aliphatic carbocycles. The number of nitrogens with zero attached hydrogens (tertiary/aromatic N) is 5. The van der Waals surface area contributed by atoms with Crippen LogP contribution in [0.25, 0.3) is 0 Å². The summed E-state index contributed by atoms with van der Waals surface area (Å²) in [7, 11) is 0. The lowest BCUT2D eigenvalue weighted by Gasteiger charge is -2.27. The van der Waals surface area contributed by atoms with Crippen LogP contribution in [-0.4, -0.2) is 36.3 Å². The number of anilines is 1. The standard InChI is InChI=1S/C18H20N6O/c25-17-4-1-3-14(9-17)12-23-7-8-24-16(13-23)10-15(22-24)11-21-18-19-5-2-6-20-18/h1-6,9-10,25H,7-8,11-13H2,(H,19,20,21). The maximum absolute atomic E-state index is 9.61. The lowest BCUT2D eigenvalue weighted by molar-refractivity contribution is 0.205. The van der Waals surface area contributed by atoms with E-state index in [4.69, 9.17) is 0 Å². The van der Waals surface area contributed by atoms with E-state index in [1.165, 1.54) is 5.69 Å². The van der Waals surface area contributed by atoms with Crippen LogP contribution in [0, 0.1) is 0 Å². The van der Waals surface area contributed by atoms with Crippen molar-refractivity contribution in [2.24, 2.45) is 0 Å². The molecule has 7 heteroatoms. The van der Waals surface area contributed by atoms with E-state index >= 15 is 0 Å². The van der Waals surface area contributed by atoms with Gasteiger partial charge in [-0.3, -0.25) is 9.58 Å². The molecule has 2 aromatic heterocycles. The number of hydrogen-bond acceptors (Lipinski definition) is 6. The van der Waals surface area contributed by atoms with E-state index in [0.717, 1.165) is 37.4 Å². The molecule has 0 bridgehead atoms. The Morgan fingerprint density at radius 2 is 1.96 bits per heavy atom. The summed E-state index contributed by atoms with van der Waals surface area (Å²) < 4.78 is 2.07. The number of phenolic OH excluding ortho intramolecular Hbond substituents is 1. The van der Waals surface area contributed by atoms with Crippen LogP contribution in [0.2, 0.25) is 0 Å².